The van der Waals surface area contributed by atoms with Crippen LogP contribution in [0.4, 0.5) is 26.3 Å². The number of carbonyl (C=O) groups is 2. The molecule has 1 aromatic heterocycles. The topological polar surface area (TPSA) is 121 Å². The van der Waals surface area contributed by atoms with Crippen molar-refractivity contribution in [1.82, 2.24) is 20.4 Å². The highest BCUT2D eigenvalue weighted by molar-refractivity contribution is 5.94. The molecule has 1 spiro atoms. The summed E-state index contributed by atoms with van der Waals surface area (Å²) in [6.45, 7) is 0.196. The molecule has 1 aliphatic carbocycles. The SMILES string of the molecule is NC(=O)c1cc(C2=C([C@H](Cc3cc(F)cc(F)c3)NC(=O)Cn3nc(C(F)(F)F)c4c3CCC3(C4)OCCO3)NCC=C2)ccc1F. The number of carbonyl (C=O) groups excluding carboxylic acids is 2. The van der Waals surface area contributed by atoms with Crippen LogP contribution in [0.3, 0.4) is 0 Å². The number of allylic oxidation sites excluding steroid dienone is 2. The summed E-state index contributed by atoms with van der Waals surface area (Å²) in [5.74, 6) is -5.45. The summed E-state index contributed by atoms with van der Waals surface area (Å²) in [6, 6.07) is 5.56. The number of aromatic nitrogens is 2. The van der Waals surface area contributed by atoms with Gasteiger partial charge in [-0.1, -0.05) is 18.2 Å². The smallest absolute Gasteiger partial charge is 0.383 e. The number of dihydropyridines is 1. The second kappa shape index (κ2) is 12.5. The fourth-order valence-corrected chi connectivity index (χ4v) is 6.31. The summed E-state index contributed by atoms with van der Waals surface area (Å²) in [6.07, 6.45) is -1.34. The number of nitrogens with zero attached hydrogens (tertiary/aromatic N) is 2. The summed E-state index contributed by atoms with van der Waals surface area (Å²) >= 11 is 0. The van der Waals surface area contributed by atoms with Gasteiger partial charge in [-0.2, -0.15) is 18.3 Å². The molecule has 9 nitrogen and oxygen atoms in total. The standard InChI is InChI=1S/C32H29F6N5O4/c33-19-10-17(11-20(34)14-19)12-25(28-21(2-1-7-40-28)18-3-4-24(35)22(13-18)30(39)45)41-27(44)16-43-26-5-6-31(46-8-9-47-31)15-23(26)29(42-43)32(36,37)38/h1-4,10-11,13-14,25,40H,5-9,12,15-16H2,(H2,39,45)(H,41,44)/t25-/m0/s1. The Morgan fingerprint density at radius 1 is 1.09 bits per heavy atom. The number of halogens is 6. The molecular formula is C32H29F6N5O4. The molecule has 3 aliphatic rings. The van der Waals surface area contributed by atoms with Crippen LogP contribution in [0.25, 0.3) is 5.57 Å². The number of nitrogens with one attached hydrogen (secondary N) is 2. The van der Waals surface area contributed by atoms with Crippen molar-refractivity contribution in [3.05, 3.63) is 105 Å². The molecule has 3 aromatic rings. The molecule has 2 amide bonds. The van der Waals surface area contributed by atoms with Gasteiger partial charge in [-0.3, -0.25) is 14.3 Å². The molecule has 6 rings (SSSR count). The van der Waals surface area contributed by atoms with E-state index in [0.29, 0.717) is 22.9 Å². The Hall–Kier alpha value is -4.63. The molecule has 0 saturated carbocycles. The van der Waals surface area contributed by atoms with E-state index < -0.39 is 59.5 Å². The van der Waals surface area contributed by atoms with Gasteiger partial charge in [0.25, 0.3) is 5.91 Å². The van der Waals surface area contributed by atoms with Crippen molar-refractivity contribution in [2.45, 2.75) is 50.2 Å². The lowest BCUT2D eigenvalue weighted by Gasteiger charge is -2.32. The number of ether oxygens (including phenoxy) is 2. The van der Waals surface area contributed by atoms with Crippen LogP contribution in [0.5, 0.6) is 0 Å². The van der Waals surface area contributed by atoms with Gasteiger partial charge in [0.2, 0.25) is 5.91 Å². The quantitative estimate of drug-likeness (QED) is 0.315. The third-order valence-corrected chi connectivity index (χ3v) is 8.30. The normalized spacial score (nSPS) is 17.8. The lowest BCUT2D eigenvalue weighted by Crippen LogP contribution is -2.44. The largest absolute Gasteiger partial charge is 0.435 e. The Bertz CT molecular complexity index is 1770. The third-order valence-electron chi connectivity index (χ3n) is 8.30. The summed E-state index contributed by atoms with van der Waals surface area (Å²) in [7, 11) is 0. The van der Waals surface area contributed by atoms with Crippen LogP contribution in [0.2, 0.25) is 0 Å². The number of rotatable bonds is 8. The minimum Gasteiger partial charge on any atom is -0.383 e. The molecule has 248 valence electrons. The third kappa shape index (κ3) is 6.76. The highest BCUT2D eigenvalue weighted by Crippen LogP contribution is 2.41. The Balaban J connectivity index is 1.35. The molecule has 3 heterocycles. The summed E-state index contributed by atoms with van der Waals surface area (Å²) in [4.78, 5) is 25.4. The zero-order valence-electron chi connectivity index (χ0n) is 24.7. The Morgan fingerprint density at radius 3 is 2.49 bits per heavy atom. The number of benzene rings is 2. The fraction of sp³-hybridized carbons (Fsp3) is 0.344. The number of hydrogen-bond acceptors (Lipinski definition) is 6. The highest BCUT2D eigenvalue weighted by Gasteiger charge is 2.47. The number of hydrogen-bond donors (Lipinski definition) is 3. The van der Waals surface area contributed by atoms with Crippen molar-refractivity contribution < 1.29 is 45.4 Å². The predicted octanol–water partition coefficient (Wildman–Crippen LogP) is 3.95. The molecule has 0 unspecified atom stereocenters. The first-order chi connectivity index (χ1) is 22.3. The van der Waals surface area contributed by atoms with Gasteiger partial charge in [0.05, 0.1) is 24.8 Å². The van der Waals surface area contributed by atoms with Gasteiger partial charge in [-0.15, -0.1) is 0 Å². The van der Waals surface area contributed by atoms with E-state index in [4.69, 9.17) is 15.2 Å². The van der Waals surface area contributed by atoms with Crippen LogP contribution in [0.1, 0.15) is 44.9 Å². The molecule has 1 fully saturated rings. The minimum absolute atomic E-state index is 0.101. The first-order valence-corrected chi connectivity index (χ1v) is 14.7. The average Bonchev–Trinajstić information content (AvgIpc) is 3.60. The molecule has 0 bridgehead atoms. The van der Waals surface area contributed by atoms with Crippen LogP contribution in [0, 0.1) is 17.5 Å². The minimum atomic E-state index is -4.80. The van der Waals surface area contributed by atoms with Crippen LogP contribution in [-0.2, 0) is 46.3 Å². The maximum Gasteiger partial charge on any atom is 0.435 e. The van der Waals surface area contributed by atoms with Crippen molar-refractivity contribution >= 4 is 17.4 Å². The van der Waals surface area contributed by atoms with Crippen molar-refractivity contribution in [2.75, 3.05) is 19.8 Å². The van der Waals surface area contributed by atoms with E-state index >= 15 is 0 Å². The number of nitrogens with two attached hydrogens (primary N) is 1. The molecule has 1 atom stereocenters. The molecular weight excluding hydrogens is 632 g/mol. The average molecular weight is 662 g/mol. The van der Waals surface area contributed by atoms with E-state index in [0.717, 1.165) is 22.9 Å². The van der Waals surface area contributed by atoms with Gasteiger partial charge in [-0.25, -0.2) is 13.2 Å². The lowest BCUT2D eigenvalue weighted by atomic mass is 9.90. The number of amides is 2. The highest BCUT2D eigenvalue weighted by atomic mass is 19.4. The Kier molecular flexibility index (Phi) is 8.61. The van der Waals surface area contributed by atoms with Crippen molar-refractivity contribution in [3.8, 4) is 0 Å². The molecule has 1 saturated heterocycles. The first kappa shape index (κ1) is 32.3. The van der Waals surface area contributed by atoms with E-state index in [1.165, 1.54) is 12.1 Å². The molecule has 15 heteroatoms. The van der Waals surface area contributed by atoms with Crippen LogP contribution >= 0.6 is 0 Å². The van der Waals surface area contributed by atoms with E-state index in [2.05, 4.69) is 15.7 Å². The molecule has 47 heavy (non-hydrogen) atoms. The second-order valence-electron chi connectivity index (χ2n) is 11.5. The monoisotopic (exact) mass is 661 g/mol. The van der Waals surface area contributed by atoms with Crippen molar-refractivity contribution in [2.24, 2.45) is 5.73 Å². The van der Waals surface area contributed by atoms with E-state index in [1.807, 2.05) is 0 Å². The van der Waals surface area contributed by atoms with Gasteiger partial charge in [-0.05, 0) is 48.2 Å². The molecule has 2 aliphatic heterocycles. The summed E-state index contributed by atoms with van der Waals surface area (Å²) in [5.41, 5.74) is 5.25. The fourth-order valence-electron chi connectivity index (χ4n) is 6.31. The lowest BCUT2D eigenvalue weighted by molar-refractivity contribution is -0.167. The van der Waals surface area contributed by atoms with Gasteiger partial charge in [0.1, 0.15) is 24.0 Å². The molecule has 4 N–H and O–H groups in total. The van der Waals surface area contributed by atoms with E-state index in [1.54, 1.807) is 12.2 Å². The van der Waals surface area contributed by atoms with Crippen LogP contribution in [0.15, 0.2) is 54.2 Å². The summed E-state index contributed by atoms with van der Waals surface area (Å²) < 4.78 is 97.2. The van der Waals surface area contributed by atoms with Crippen LogP contribution in [-0.4, -0.2) is 53.2 Å². The number of primary amides is 1. The predicted molar refractivity (Wildman–Crippen MR) is 155 cm³/mol. The van der Waals surface area contributed by atoms with Gasteiger partial charge in [0, 0.05) is 48.0 Å². The van der Waals surface area contributed by atoms with Gasteiger partial charge in [0.15, 0.2) is 11.5 Å². The second-order valence-corrected chi connectivity index (χ2v) is 11.5. The molecule has 0 radical (unpaired) electrons. The van der Waals surface area contributed by atoms with E-state index in [9.17, 15) is 35.9 Å². The maximum absolute atomic E-state index is 14.3. The number of fused-ring (bicyclic) bond motifs is 1. The maximum atomic E-state index is 14.3. The Morgan fingerprint density at radius 2 is 1.81 bits per heavy atom. The van der Waals surface area contributed by atoms with Crippen LogP contribution < -0.4 is 16.4 Å². The van der Waals surface area contributed by atoms with Gasteiger partial charge >= 0.3 is 6.18 Å². The first-order valence-electron chi connectivity index (χ1n) is 14.7. The Labute approximate surface area is 264 Å². The van der Waals surface area contributed by atoms with Crippen molar-refractivity contribution in [1.29, 1.82) is 0 Å². The zero-order valence-corrected chi connectivity index (χ0v) is 24.7. The molecule has 2 aromatic carbocycles. The summed E-state index contributed by atoms with van der Waals surface area (Å²) in [5, 5.41) is 9.70. The number of alkyl halides is 3. The zero-order chi connectivity index (χ0) is 33.5. The van der Waals surface area contributed by atoms with Crippen molar-refractivity contribution in [3.63, 3.8) is 0 Å². The van der Waals surface area contributed by atoms with Gasteiger partial charge < -0.3 is 25.8 Å². The van der Waals surface area contributed by atoms with E-state index in [-0.39, 0.29) is 67.8 Å².